The highest BCUT2D eigenvalue weighted by molar-refractivity contribution is 5.78. The van der Waals surface area contributed by atoms with Gasteiger partial charge >= 0.3 is 0 Å². The number of methoxy groups -OCH3 is 3. The van der Waals surface area contributed by atoms with Gasteiger partial charge in [0.25, 0.3) is 0 Å². The summed E-state index contributed by atoms with van der Waals surface area (Å²) in [5.41, 5.74) is 0.968. The van der Waals surface area contributed by atoms with Crippen molar-refractivity contribution in [1.29, 1.82) is 0 Å². The van der Waals surface area contributed by atoms with Gasteiger partial charge in [0.05, 0.1) is 26.7 Å². The Morgan fingerprint density at radius 2 is 1.55 bits per heavy atom. The molecule has 0 aliphatic heterocycles. The molecule has 0 unspecified atom stereocenters. The lowest BCUT2D eigenvalue weighted by atomic mass is 10.1. The van der Waals surface area contributed by atoms with Gasteiger partial charge in [0.15, 0.2) is 0 Å². The zero-order valence-electron chi connectivity index (χ0n) is 12.4. The van der Waals surface area contributed by atoms with Crippen LogP contribution in [0.5, 0.6) is 5.75 Å². The Bertz CT molecular complexity index is 383. The molecule has 0 fully saturated rings. The van der Waals surface area contributed by atoms with Crippen LogP contribution in [0.1, 0.15) is 5.56 Å². The number of carbonyl (C=O) groups is 1. The van der Waals surface area contributed by atoms with E-state index >= 15 is 0 Å². The third kappa shape index (κ3) is 5.59. The van der Waals surface area contributed by atoms with Gasteiger partial charge in [0.2, 0.25) is 5.91 Å². The van der Waals surface area contributed by atoms with Crippen molar-refractivity contribution in [3.63, 3.8) is 0 Å². The molecule has 1 aromatic carbocycles. The highest BCUT2D eigenvalue weighted by atomic mass is 16.5. The fourth-order valence-corrected chi connectivity index (χ4v) is 1.79. The monoisotopic (exact) mass is 281 g/mol. The first kappa shape index (κ1) is 16.5. The lowest BCUT2D eigenvalue weighted by molar-refractivity contribution is -0.131. The molecule has 0 aromatic heterocycles. The molecule has 0 spiro atoms. The average Bonchev–Trinajstić information content (AvgIpc) is 2.48. The number of carbonyl (C=O) groups excluding carboxylic acids is 1. The van der Waals surface area contributed by atoms with E-state index in [9.17, 15) is 4.79 Å². The third-order valence-electron chi connectivity index (χ3n) is 3.00. The summed E-state index contributed by atoms with van der Waals surface area (Å²) in [4.78, 5) is 14.0. The molecule has 1 rings (SSSR count). The van der Waals surface area contributed by atoms with E-state index < -0.39 is 0 Å². The third-order valence-corrected chi connectivity index (χ3v) is 3.00. The molecule has 1 aromatic rings. The van der Waals surface area contributed by atoms with Crippen LogP contribution in [0.4, 0.5) is 0 Å². The molecule has 0 saturated carbocycles. The van der Waals surface area contributed by atoms with Crippen molar-refractivity contribution in [1.82, 2.24) is 4.90 Å². The largest absolute Gasteiger partial charge is 0.497 e. The highest BCUT2D eigenvalue weighted by Gasteiger charge is 2.13. The zero-order valence-corrected chi connectivity index (χ0v) is 12.4. The standard InChI is InChI=1S/C15H23NO4/c1-18-10-8-16(9-11-19-2)15(17)12-13-4-6-14(20-3)7-5-13/h4-7H,8-12H2,1-3H3. The van der Waals surface area contributed by atoms with Crippen LogP contribution in [0.3, 0.4) is 0 Å². The maximum absolute atomic E-state index is 12.3. The summed E-state index contributed by atoms with van der Waals surface area (Å²) in [6.07, 6.45) is 0.372. The molecule has 0 N–H and O–H groups in total. The summed E-state index contributed by atoms with van der Waals surface area (Å²) in [7, 11) is 4.88. The van der Waals surface area contributed by atoms with Crippen LogP contribution < -0.4 is 4.74 Å². The van der Waals surface area contributed by atoms with Gasteiger partial charge in [-0.1, -0.05) is 12.1 Å². The van der Waals surface area contributed by atoms with Crippen LogP contribution in [-0.4, -0.2) is 58.4 Å². The van der Waals surface area contributed by atoms with Gasteiger partial charge in [-0.25, -0.2) is 0 Å². The molecule has 1 amide bonds. The first-order chi connectivity index (χ1) is 9.71. The molecule has 0 saturated heterocycles. The van der Waals surface area contributed by atoms with Crippen LogP contribution in [0.25, 0.3) is 0 Å². The first-order valence-electron chi connectivity index (χ1n) is 6.59. The molecule has 5 heteroatoms. The van der Waals surface area contributed by atoms with E-state index in [-0.39, 0.29) is 5.91 Å². The molecule has 0 radical (unpaired) electrons. The van der Waals surface area contributed by atoms with E-state index in [4.69, 9.17) is 14.2 Å². The zero-order chi connectivity index (χ0) is 14.8. The van der Waals surface area contributed by atoms with Gasteiger partial charge < -0.3 is 19.1 Å². The second kappa shape index (κ2) is 9.34. The summed E-state index contributed by atoms with van der Waals surface area (Å²) in [5.74, 6) is 0.862. The molecular weight excluding hydrogens is 258 g/mol. The number of amides is 1. The molecule has 0 aliphatic carbocycles. The van der Waals surface area contributed by atoms with Crippen molar-refractivity contribution in [2.75, 3.05) is 47.6 Å². The maximum Gasteiger partial charge on any atom is 0.227 e. The molecular formula is C15H23NO4. The van der Waals surface area contributed by atoms with Crippen LogP contribution in [0, 0.1) is 0 Å². The van der Waals surface area contributed by atoms with E-state index in [1.165, 1.54) is 0 Å². The molecule has 5 nitrogen and oxygen atoms in total. The van der Waals surface area contributed by atoms with E-state index in [1.54, 1.807) is 26.2 Å². The van der Waals surface area contributed by atoms with Crippen LogP contribution in [-0.2, 0) is 20.7 Å². The van der Waals surface area contributed by atoms with Crippen molar-refractivity contribution in [3.8, 4) is 5.75 Å². The number of hydrogen-bond donors (Lipinski definition) is 0. The highest BCUT2D eigenvalue weighted by Crippen LogP contribution is 2.12. The molecule has 0 aliphatic rings. The average molecular weight is 281 g/mol. The van der Waals surface area contributed by atoms with E-state index in [1.807, 2.05) is 24.3 Å². The number of benzene rings is 1. The SMILES string of the molecule is COCCN(CCOC)C(=O)Cc1ccc(OC)cc1. The molecule has 0 atom stereocenters. The van der Waals surface area contributed by atoms with E-state index in [0.29, 0.717) is 32.7 Å². The predicted octanol–water partition coefficient (Wildman–Crippen LogP) is 1.36. The Morgan fingerprint density at radius 1 is 1.00 bits per heavy atom. The Hall–Kier alpha value is -1.59. The second-order valence-corrected chi connectivity index (χ2v) is 4.39. The van der Waals surface area contributed by atoms with Crippen LogP contribution >= 0.6 is 0 Å². The van der Waals surface area contributed by atoms with Crippen molar-refractivity contribution in [2.24, 2.45) is 0 Å². The second-order valence-electron chi connectivity index (χ2n) is 4.39. The van der Waals surface area contributed by atoms with Crippen molar-refractivity contribution in [2.45, 2.75) is 6.42 Å². The smallest absolute Gasteiger partial charge is 0.227 e. The van der Waals surface area contributed by atoms with Gasteiger partial charge in [-0.3, -0.25) is 4.79 Å². The van der Waals surface area contributed by atoms with E-state index in [0.717, 1.165) is 11.3 Å². The van der Waals surface area contributed by atoms with Gasteiger partial charge in [0, 0.05) is 27.3 Å². The topological polar surface area (TPSA) is 48.0 Å². The van der Waals surface area contributed by atoms with Gasteiger partial charge in [-0.2, -0.15) is 0 Å². The normalized spacial score (nSPS) is 10.3. The van der Waals surface area contributed by atoms with Crippen LogP contribution in [0.15, 0.2) is 24.3 Å². The fraction of sp³-hybridized carbons (Fsp3) is 0.533. The lowest BCUT2D eigenvalue weighted by Gasteiger charge is -2.22. The van der Waals surface area contributed by atoms with Gasteiger partial charge in [-0.05, 0) is 17.7 Å². The fourth-order valence-electron chi connectivity index (χ4n) is 1.79. The Morgan fingerprint density at radius 3 is 2.00 bits per heavy atom. The summed E-state index contributed by atoms with van der Waals surface area (Å²) in [6.45, 7) is 2.21. The minimum Gasteiger partial charge on any atom is -0.497 e. The van der Waals surface area contributed by atoms with Crippen molar-refractivity contribution < 1.29 is 19.0 Å². The predicted molar refractivity (Wildman–Crippen MR) is 77.0 cm³/mol. The minimum atomic E-state index is 0.0734. The summed E-state index contributed by atoms with van der Waals surface area (Å²) in [6, 6.07) is 7.53. The first-order valence-corrected chi connectivity index (χ1v) is 6.59. The van der Waals surface area contributed by atoms with Crippen molar-refractivity contribution in [3.05, 3.63) is 29.8 Å². The summed E-state index contributed by atoms with van der Waals surface area (Å²) < 4.78 is 15.2. The Kier molecular flexibility index (Phi) is 7.69. The summed E-state index contributed by atoms with van der Waals surface area (Å²) in [5, 5.41) is 0. The Balaban J connectivity index is 2.58. The maximum atomic E-state index is 12.3. The molecule has 112 valence electrons. The van der Waals surface area contributed by atoms with Gasteiger partial charge in [0.1, 0.15) is 5.75 Å². The van der Waals surface area contributed by atoms with Crippen LogP contribution in [0.2, 0.25) is 0 Å². The lowest BCUT2D eigenvalue weighted by Crippen LogP contribution is -2.37. The molecule has 0 heterocycles. The number of ether oxygens (including phenoxy) is 3. The number of nitrogens with zero attached hydrogens (tertiary/aromatic N) is 1. The number of hydrogen-bond acceptors (Lipinski definition) is 4. The van der Waals surface area contributed by atoms with Gasteiger partial charge in [-0.15, -0.1) is 0 Å². The molecule has 20 heavy (non-hydrogen) atoms. The van der Waals surface area contributed by atoms with Crippen molar-refractivity contribution >= 4 is 5.91 Å². The minimum absolute atomic E-state index is 0.0734. The molecule has 0 bridgehead atoms. The van der Waals surface area contributed by atoms with E-state index in [2.05, 4.69) is 0 Å². The summed E-state index contributed by atoms with van der Waals surface area (Å²) >= 11 is 0. The Labute approximate surface area is 120 Å². The quantitative estimate of drug-likeness (QED) is 0.686. The number of rotatable bonds is 9.